The van der Waals surface area contributed by atoms with Gasteiger partial charge in [0.05, 0.1) is 23.1 Å². The monoisotopic (exact) mass is 671 g/mol. The quantitative estimate of drug-likeness (QED) is 0.187. The number of hydrogen-bond acceptors (Lipinski definition) is 5. The SMILES string of the molecule is C1=CC2c3ccc4c(oc5c(-c6cc(-c7ccccc7)nc(-c7ccc8c(c7)sc7ccccc78)n6)cccc54)c3N(c3ccccc3)C2C=C1. The summed E-state index contributed by atoms with van der Waals surface area (Å²) in [5, 5.41) is 4.72. The molecule has 2 unspecified atom stereocenters. The number of rotatable bonds is 4. The molecule has 6 aromatic carbocycles. The summed E-state index contributed by atoms with van der Waals surface area (Å²) in [6, 6.07) is 49.5. The molecule has 4 heterocycles. The molecule has 1 aliphatic heterocycles. The lowest BCUT2D eigenvalue weighted by Crippen LogP contribution is -2.28. The highest BCUT2D eigenvalue weighted by Gasteiger charge is 2.40. The molecule has 0 N–H and O–H groups in total. The number of thiophene rings is 1. The molecule has 0 spiro atoms. The average Bonchev–Trinajstić information content (AvgIpc) is 3.88. The molecule has 0 amide bonds. The van der Waals surface area contributed by atoms with E-state index in [4.69, 9.17) is 14.4 Å². The second-order valence-corrected chi connectivity index (χ2v) is 14.4. The number of allylic oxidation sites excluding steroid dienone is 2. The average molecular weight is 672 g/mol. The summed E-state index contributed by atoms with van der Waals surface area (Å²) < 4.78 is 9.58. The Morgan fingerprint density at radius 1 is 0.549 bits per heavy atom. The Labute approximate surface area is 298 Å². The van der Waals surface area contributed by atoms with Crippen molar-refractivity contribution in [3.63, 3.8) is 0 Å². The standard InChI is InChI=1S/C46H29N3OS/c1-3-12-28(13-4-1)38-27-39(48-46(47-38)29-22-23-33-32-17-8-10-21-41(32)51-42(33)26-29)37-19-11-18-35-36-25-24-34-31-16-7-9-20-40(31)49(30-14-5-2-6-15-30)43(34)45(36)50-44(35)37/h1-27,31,40H. The van der Waals surface area contributed by atoms with E-state index in [1.54, 1.807) is 0 Å². The van der Waals surface area contributed by atoms with Crippen LogP contribution in [0.15, 0.2) is 168 Å². The highest BCUT2D eigenvalue weighted by molar-refractivity contribution is 7.25. The Balaban J connectivity index is 1.13. The van der Waals surface area contributed by atoms with Crippen molar-refractivity contribution in [2.24, 2.45) is 0 Å². The van der Waals surface area contributed by atoms with Gasteiger partial charge in [0.1, 0.15) is 5.58 Å². The van der Waals surface area contributed by atoms with Crippen molar-refractivity contribution in [3.8, 4) is 33.9 Å². The molecule has 5 heteroatoms. The van der Waals surface area contributed by atoms with Crippen LogP contribution in [0.1, 0.15) is 11.5 Å². The van der Waals surface area contributed by atoms with Crippen molar-refractivity contribution in [2.75, 3.05) is 4.90 Å². The molecule has 2 aliphatic rings. The summed E-state index contributed by atoms with van der Waals surface area (Å²) in [6.07, 6.45) is 8.94. The summed E-state index contributed by atoms with van der Waals surface area (Å²) in [6.45, 7) is 0. The molecule has 0 radical (unpaired) electrons. The molecule has 0 saturated heterocycles. The lowest BCUT2D eigenvalue weighted by molar-refractivity contribution is 0.668. The van der Waals surface area contributed by atoms with Crippen LogP contribution in [0.5, 0.6) is 0 Å². The first-order valence-corrected chi connectivity index (χ1v) is 18.1. The lowest BCUT2D eigenvalue weighted by atomic mass is 9.91. The Kier molecular flexibility index (Phi) is 6.21. The minimum absolute atomic E-state index is 0.182. The molecule has 1 aliphatic carbocycles. The fourth-order valence-electron chi connectivity index (χ4n) is 8.09. The Hall–Kier alpha value is -6.30. The smallest absolute Gasteiger partial charge is 0.160 e. The van der Waals surface area contributed by atoms with Gasteiger partial charge in [-0.3, -0.25) is 0 Å². The van der Waals surface area contributed by atoms with Crippen molar-refractivity contribution >= 4 is 64.8 Å². The Morgan fingerprint density at radius 3 is 2.18 bits per heavy atom. The molecule has 0 saturated carbocycles. The summed E-state index contributed by atoms with van der Waals surface area (Å²) in [7, 11) is 0. The Bertz CT molecular complexity index is 2890. The maximum atomic E-state index is 7.07. The highest BCUT2D eigenvalue weighted by atomic mass is 32.1. The van der Waals surface area contributed by atoms with E-state index in [2.05, 4.69) is 163 Å². The second kappa shape index (κ2) is 11.1. The lowest BCUT2D eigenvalue weighted by Gasteiger charge is -2.28. The van der Waals surface area contributed by atoms with Gasteiger partial charge in [-0.25, -0.2) is 9.97 Å². The first kappa shape index (κ1) is 28.5. The first-order valence-electron chi connectivity index (χ1n) is 17.3. The highest BCUT2D eigenvalue weighted by Crippen LogP contribution is 2.52. The molecular weight excluding hydrogens is 643 g/mol. The number of nitrogens with zero attached hydrogens (tertiary/aromatic N) is 3. The van der Waals surface area contributed by atoms with Crippen LogP contribution >= 0.6 is 11.3 Å². The van der Waals surface area contributed by atoms with Crippen molar-refractivity contribution < 1.29 is 4.42 Å². The molecular formula is C46H29N3OS. The zero-order chi connectivity index (χ0) is 33.5. The van der Waals surface area contributed by atoms with Gasteiger partial charge in [-0.1, -0.05) is 127 Å². The van der Waals surface area contributed by atoms with Gasteiger partial charge in [0.25, 0.3) is 0 Å². The topological polar surface area (TPSA) is 42.2 Å². The second-order valence-electron chi connectivity index (χ2n) is 13.3. The summed E-state index contributed by atoms with van der Waals surface area (Å²) in [5.74, 6) is 0.941. The zero-order valence-corrected chi connectivity index (χ0v) is 28.2. The largest absolute Gasteiger partial charge is 0.453 e. The van der Waals surface area contributed by atoms with Crippen LogP contribution in [-0.4, -0.2) is 16.0 Å². The minimum atomic E-state index is 0.182. The molecule has 11 rings (SSSR count). The summed E-state index contributed by atoms with van der Waals surface area (Å²) >= 11 is 1.81. The van der Waals surface area contributed by atoms with Gasteiger partial charge in [-0.15, -0.1) is 11.3 Å². The number of fused-ring (bicyclic) bond motifs is 10. The van der Waals surface area contributed by atoms with Crippen LogP contribution < -0.4 is 4.90 Å². The third-order valence-corrected chi connectivity index (χ3v) is 11.6. The van der Waals surface area contributed by atoms with Crippen LogP contribution in [0, 0.1) is 0 Å². The van der Waals surface area contributed by atoms with E-state index >= 15 is 0 Å². The third-order valence-electron chi connectivity index (χ3n) is 10.4. The van der Waals surface area contributed by atoms with Gasteiger partial charge in [-0.05, 0) is 42.0 Å². The molecule has 4 nitrogen and oxygen atoms in total. The van der Waals surface area contributed by atoms with Gasteiger partial charge in [0, 0.05) is 59.2 Å². The molecule has 51 heavy (non-hydrogen) atoms. The number of benzene rings is 6. The van der Waals surface area contributed by atoms with E-state index in [9.17, 15) is 0 Å². The van der Waals surface area contributed by atoms with E-state index < -0.39 is 0 Å². The number of hydrogen-bond donors (Lipinski definition) is 0. The normalized spacial score (nSPS) is 16.4. The Morgan fingerprint density at radius 2 is 1.27 bits per heavy atom. The molecule has 0 fully saturated rings. The van der Waals surface area contributed by atoms with Gasteiger partial charge in [-0.2, -0.15) is 0 Å². The van der Waals surface area contributed by atoms with E-state index in [0.29, 0.717) is 5.82 Å². The predicted molar refractivity (Wildman–Crippen MR) is 212 cm³/mol. The fraction of sp³-hybridized carbons (Fsp3) is 0.0435. The van der Waals surface area contributed by atoms with Crippen LogP contribution in [0.2, 0.25) is 0 Å². The molecule has 240 valence electrons. The summed E-state index contributed by atoms with van der Waals surface area (Å²) in [4.78, 5) is 12.9. The van der Waals surface area contributed by atoms with E-state index in [1.807, 2.05) is 17.4 Å². The first-order chi connectivity index (χ1) is 25.3. The molecule has 2 atom stereocenters. The summed E-state index contributed by atoms with van der Waals surface area (Å²) in [5.41, 5.74) is 10.00. The van der Waals surface area contributed by atoms with E-state index in [-0.39, 0.29) is 12.0 Å². The van der Waals surface area contributed by atoms with E-state index in [1.165, 1.54) is 25.7 Å². The van der Waals surface area contributed by atoms with Crippen LogP contribution in [0.25, 0.3) is 76.0 Å². The van der Waals surface area contributed by atoms with Crippen LogP contribution in [0.3, 0.4) is 0 Å². The van der Waals surface area contributed by atoms with E-state index in [0.717, 1.165) is 61.4 Å². The number of aromatic nitrogens is 2. The number of furan rings is 1. The number of para-hydroxylation sites is 2. The maximum absolute atomic E-state index is 7.07. The van der Waals surface area contributed by atoms with Gasteiger partial charge in [0.2, 0.25) is 0 Å². The van der Waals surface area contributed by atoms with Crippen molar-refractivity contribution in [3.05, 3.63) is 169 Å². The molecule has 3 aromatic heterocycles. The van der Waals surface area contributed by atoms with Gasteiger partial charge < -0.3 is 9.32 Å². The van der Waals surface area contributed by atoms with Crippen LogP contribution in [0.4, 0.5) is 11.4 Å². The van der Waals surface area contributed by atoms with Gasteiger partial charge in [0.15, 0.2) is 11.4 Å². The van der Waals surface area contributed by atoms with Crippen molar-refractivity contribution in [2.45, 2.75) is 12.0 Å². The number of anilines is 2. The molecule has 0 bridgehead atoms. The minimum Gasteiger partial charge on any atom is -0.453 e. The predicted octanol–water partition coefficient (Wildman–Crippen LogP) is 12.5. The van der Waals surface area contributed by atoms with Crippen LogP contribution in [-0.2, 0) is 0 Å². The maximum Gasteiger partial charge on any atom is 0.160 e. The van der Waals surface area contributed by atoms with Gasteiger partial charge >= 0.3 is 0 Å². The third kappa shape index (κ3) is 4.38. The van der Waals surface area contributed by atoms with Crippen molar-refractivity contribution in [1.29, 1.82) is 0 Å². The fourth-order valence-corrected chi connectivity index (χ4v) is 9.23. The molecule has 9 aromatic rings. The zero-order valence-electron chi connectivity index (χ0n) is 27.4. The van der Waals surface area contributed by atoms with Crippen molar-refractivity contribution in [1.82, 2.24) is 9.97 Å².